The lowest BCUT2D eigenvalue weighted by molar-refractivity contribution is -0.0752. The Kier molecular flexibility index (Phi) is 5.87. The Hall–Kier alpha value is -2.23. The number of benzene rings is 2. The summed E-state index contributed by atoms with van der Waals surface area (Å²) in [6.45, 7) is 2.09. The average molecular weight is 411 g/mol. The van der Waals surface area contributed by atoms with Crippen molar-refractivity contribution in [3.8, 4) is 0 Å². The van der Waals surface area contributed by atoms with Crippen molar-refractivity contribution in [2.45, 2.75) is 12.5 Å². The lowest BCUT2D eigenvalue weighted by Gasteiger charge is -2.46. The van der Waals surface area contributed by atoms with E-state index in [-0.39, 0.29) is 30.9 Å². The Morgan fingerprint density at radius 1 is 1.21 bits per heavy atom. The van der Waals surface area contributed by atoms with Crippen LogP contribution < -0.4 is 10.0 Å². The molecule has 5 nitrogen and oxygen atoms in total. The molecule has 1 aliphatic rings. The second kappa shape index (κ2) is 8.02. The SMILES string of the molecule is CSNCC1(O)CN(C(=O)c2ccc(F)c(F)c2Nc2ccc(C)cc2F)C1. The first kappa shape index (κ1) is 20.5. The molecule has 0 unspecified atom stereocenters. The molecule has 9 heteroatoms. The molecule has 28 heavy (non-hydrogen) atoms. The van der Waals surface area contributed by atoms with Crippen molar-refractivity contribution in [3.63, 3.8) is 0 Å². The van der Waals surface area contributed by atoms with E-state index in [1.165, 1.54) is 29.0 Å². The number of carbonyl (C=O) groups is 1. The van der Waals surface area contributed by atoms with Crippen molar-refractivity contribution in [2.75, 3.05) is 31.2 Å². The zero-order valence-corrected chi connectivity index (χ0v) is 16.2. The Morgan fingerprint density at radius 2 is 1.93 bits per heavy atom. The van der Waals surface area contributed by atoms with Crippen molar-refractivity contribution >= 4 is 29.2 Å². The predicted molar refractivity (Wildman–Crippen MR) is 103 cm³/mol. The average Bonchev–Trinajstić information content (AvgIpc) is 2.63. The molecule has 0 saturated carbocycles. The molecule has 0 aromatic heterocycles. The molecule has 0 spiro atoms. The number of rotatable bonds is 6. The number of hydrogen-bond donors (Lipinski definition) is 3. The van der Waals surface area contributed by atoms with Crippen LogP contribution in [0.3, 0.4) is 0 Å². The van der Waals surface area contributed by atoms with Crippen LogP contribution in [-0.2, 0) is 0 Å². The monoisotopic (exact) mass is 411 g/mol. The molecule has 0 aliphatic carbocycles. The number of carbonyl (C=O) groups excluding carboxylic acids is 1. The van der Waals surface area contributed by atoms with Crippen LogP contribution in [0.4, 0.5) is 24.5 Å². The maximum Gasteiger partial charge on any atom is 0.256 e. The first-order valence-electron chi connectivity index (χ1n) is 8.53. The third-order valence-corrected chi connectivity index (χ3v) is 4.95. The molecule has 1 saturated heterocycles. The van der Waals surface area contributed by atoms with Gasteiger partial charge in [0, 0.05) is 6.54 Å². The third kappa shape index (κ3) is 4.11. The summed E-state index contributed by atoms with van der Waals surface area (Å²) in [5.41, 5.74) is -1.07. The van der Waals surface area contributed by atoms with Gasteiger partial charge in [-0.3, -0.25) is 9.52 Å². The van der Waals surface area contributed by atoms with Gasteiger partial charge in [0.25, 0.3) is 5.91 Å². The molecule has 1 heterocycles. The number of β-amino-alcohol motifs (C(OH)–C–C–N with tert-alkyl or cyclic N) is 1. The molecule has 1 aliphatic heterocycles. The molecule has 0 radical (unpaired) electrons. The van der Waals surface area contributed by atoms with Gasteiger partial charge in [0.15, 0.2) is 11.6 Å². The van der Waals surface area contributed by atoms with E-state index in [9.17, 15) is 23.1 Å². The molecule has 150 valence electrons. The zero-order chi connectivity index (χ0) is 20.5. The number of likely N-dealkylation sites (tertiary alicyclic amines) is 1. The highest BCUT2D eigenvalue weighted by Crippen LogP contribution is 2.31. The summed E-state index contributed by atoms with van der Waals surface area (Å²) in [4.78, 5) is 14.1. The first-order chi connectivity index (χ1) is 13.2. The molecule has 1 amide bonds. The maximum absolute atomic E-state index is 14.4. The molecular weight excluding hydrogens is 391 g/mol. The predicted octanol–water partition coefficient (Wildman–Crippen LogP) is 3.21. The van der Waals surface area contributed by atoms with E-state index in [2.05, 4.69) is 10.0 Å². The summed E-state index contributed by atoms with van der Waals surface area (Å²) >= 11 is 1.34. The standard InChI is InChI=1S/C19H20F3N3O2S/c1-11-3-6-15(14(21)7-11)24-17-12(4-5-13(20)16(17)22)18(26)25-9-19(27,10-25)8-23-28-2/h3-7,23-24,27H,8-10H2,1-2H3. The second-order valence-electron chi connectivity index (χ2n) is 6.80. The molecule has 0 atom stereocenters. The zero-order valence-electron chi connectivity index (χ0n) is 15.4. The van der Waals surface area contributed by atoms with Crippen molar-refractivity contribution < 1.29 is 23.1 Å². The van der Waals surface area contributed by atoms with Crippen molar-refractivity contribution in [1.29, 1.82) is 0 Å². The van der Waals surface area contributed by atoms with Gasteiger partial charge < -0.3 is 15.3 Å². The lowest BCUT2D eigenvalue weighted by Crippen LogP contribution is -2.66. The summed E-state index contributed by atoms with van der Waals surface area (Å²) in [6, 6.07) is 6.24. The first-order valence-corrected chi connectivity index (χ1v) is 9.75. The Morgan fingerprint density at radius 3 is 2.57 bits per heavy atom. The number of nitrogens with zero attached hydrogens (tertiary/aromatic N) is 1. The molecule has 3 rings (SSSR count). The Labute approximate surface area is 165 Å². The van der Waals surface area contributed by atoms with E-state index in [1.807, 2.05) is 6.26 Å². The minimum absolute atomic E-state index is 0.0523. The minimum atomic E-state index is -1.27. The molecule has 2 aromatic carbocycles. The van der Waals surface area contributed by atoms with Gasteiger partial charge in [-0.25, -0.2) is 13.2 Å². The van der Waals surface area contributed by atoms with Crippen LogP contribution in [0, 0.1) is 24.4 Å². The summed E-state index contributed by atoms with van der Waals surface area (Å²) < 4.78 is 45.3. The van der Waals surface area contributed by atoms with E-state index in [0.717, 1.165) is 12.1 Å². The van der Waals surface area contributed by atoms with Gasteiger partial charge in [0.1, 0.15) is 11.4 Å². The highest BCUT2D eigenvalue weighted by atomic mass is 32.2. The maximum atomic E-state index is 14.4. The van der Waals surface area contributed by atoms with Crippen LogP contribution in [0.2, 0.25) is 0 Å². The second-order valence-corrected chi connectivity index (χ2v) is 7.50. The van der Waals surface area contributed by atoms with E-state index in [4.69, 9.17) is 0 Å². The number of anilines is 2. The smallest absolute Gasteiger partial charge is 0.256 e. The summed E-state index contributed by atoms with van der Waals surface area (Å²) in [5, 5.41) is 12.8. The fourth-order valence-corrected chi connectivity index (χ4v) is 3.42. The van der Waals surface area contributed by atoms with Crippen LogP contribution in [0.25, 0.3) is 0 Å². The van der Waals surface area contributed by atoms with E-state index in [0.29, 0.717) is 5.56 Å². The quantitative estimate of drug-likeness (QED) is 0.637. The third-order valence-electron chi connectivity index (χ3n) is 4.51. The van der Waals surface area contributed by atoms with Crippen LogP contribution in [0.15, 0.2) is 30.3 Å². The summed E-state index contributed by atoms with van der Waals surface area (Å²) in [5.74, 6) is -3.66. The van der Waals surface area contributed by atoms with Gasteiger partial charge >= 0.3 is 0 Å². The van der Waals surface area contributed by atoms with Crippen molar-refractivity contribution in [3.05, 3.63) is 58.9 Å². The van der Waals surface area contributed by atoms with Crippen molar-refractivity contribution in [2.24, 2.45) is 0 Å². The number of hydrogen-bond acceptors (Lipinski definition) is 5. The highest BCUT2D eigenvalue weighted by molar-refractivity contribution is 7.96. The minimum Gasteiger partial charge on any atom is -0.385 e. The molecule has 2 aromatic rings. The summed E-state index contributed by atoms with van der Waals surface area (Å²) in [7, 11) is 0. The largest absolute Gasteiger partial charge is 0.385 e. The van der Waals surface area contributed by atoms with Crippen LogP contribution >= 0.6 is 11.9 Å². The fraction of sp³-hybridized carbons (Fsp3) is 0.316. The number of aryl methyl sites for hydroxylation is 1. The van der Waals surface area contributed by atoms with Gasteiger partial charge in [0.05, 0.1) is 30.0 Å². The number of halogens is 3. The van der Waals surface area contributed by atoms with Crippen LogP contribution in [-0.4, -0.2) is 47.4 Å². The number of aliphatic hydroxyl groups is 1. The number of amides is 1. The molecular formula is C19H20F3N3O2S. The summed E-state index contributed by atoms with van der Waals surface area (Å²) in [6.07, 6.45) is 1.81. The molecule has 0 bridgehead atoms. The normalized spacial score (nSPS) is 15.3. The van der Waals surface area contributed by atoms with Gasteiger partial charge in [-0.05, 0) is 43.0 Å². The highest BCUT2D eigenvalue weighted by Gasteiger charge is 2.44. The van der Waals surface area contributed by atoms with E-state index < -0.39 is 34.6 Å². The van der Waals surface area contributed by atoms with Gasteiger partial charge in [-0.15, -0.1) is 0 Å². The molecule has 3 N–H and O–H groups in total. The van der Waals surface area contributed by atoms with E-state index >= 15 is 0 Å². The van der Waals surface area contributed by atoms with E-state index in [1.54, 1.807) is 13.0 Å². The Balaban J connectivity index is 1.86. The van der Waals surface area contributed by atoms with Gasteiger partial charge in [-0.2, -0.15) is 0 Å². The van der Waals surface area contributed by atoms with Gasteiger partial charge in [-0.1, -0.05) is 18.0 Å². The van der Waals surface area contributed by atoms with Crippen LogP contribution in [0.5, 0.6) is 0 Å². The van der Waals surface area contributed by atoms with Crippen molar-refractivity contribution in [1.82, 2.24) is 9.62 Å². The number of nitrogens with one attached hydrogen (secondary N) is 2. The van der Waals surface area contributed by atoms with Crippen LogP contribution in [0.1, 0.15) is 15.9 Å². The lowest BCUT2D eigenvalue weighted by atomic mass is 9.93. The molecule has 1 fully saturated rings. The fourth-order valence-electron chi connectivity index (χ4n) is 3.00. The topological polar surface area (TPSA) is 64.6 Å². The Bertz CT molecular complexity index is 904. The van der Waals surface area contributed by atoms with Gasteiger partial charge in [0.2, 0.25) is 0 Å².